The maximum atomic E-state index is 11.9. The molecule has 0 saturated carbocycles. The Morgan fingerprint density at radius 1 is 1.16 bits per heavy atom. The van der Waals surface area contributed by atoms with Crippen molar-refractivity contribution in [3.63, 3.8) is 0 Å². The molecule has 96 valence electrons. The van der Waals surface area contributed by atoms with Crippen LogP contribution in [-0.4, -0.2) is 16.9 Å². The van der Waals surface area contributed by atoms with Crippen LogP contribution in [0.15, 0.2) is 42.5 Å². The van der Waals surface area contributed by atoms with E-state index in [1.807, 2.05) is 31.2 Å². The number of allylic oxidation sites excluding steroid dienone is 1. The number of hydrogen-bond donors (Lipinski definition) is 1. The highest BCUT2D eigenvalue weighted by atomic mass is 32.1. The van der Waals surface area contributed by atoms with E-state index in [9.17, 15) is 9.59 Å². The molecule has 0 radical (unpaired) electrons. The van der Waals surface area contributed by atoms with Crippen molar-refractivity contribution in [3.05, 3.63) is 63.4 Å². The summed E-state index contributed by atoms with van der Waals surface area (Å²) in [6.07, 6.45) is 3.20. The second kappa shape index (κ2) is 5.63. The molecule has 1 N–H and O–H groups in total. The molecular weight excluding hydrogens is 260 g/mol. The molecule has 0 amide bonds. The van der Waals surface area contributed by atoms with Gasteiger partial charge in [-0.1, -0.05) is 35.9 Å². The van der Waals surface area contributed by atoms with Crippen LogP contribution in [0.4, 0.5) is 0 Å². The van der Waals surface area contributed by atoms with E-state index in [0.29, 0.717) is 4.88 Å². The largest absolute Gasteiger partial charge is 0.477 e. The quantitative estimate of drug-likeness (QED) is 0.682. The highest BCUT2D eigenvalue weighted by Gasteiger charge is 2.10. The summed E-state index contributed by atoms with van der Waals surface area (Å²) in [4.78, 5) is 23.2. The lowest BCUT2D eigenvalue weighted by atomic mass is 10.1. The fraction of sp³-hybridized carbons (Fsp3) is 0.0667. The molecule has 0 bridgehead atoms. The first-order valence-electron chi connectivity index (χ1n) is 5.68. The van der Waals surface area contributed by atoms with E-state index >= 15 is 0 Å². The molecule has 1 aromatic carbocycles. The van der Waals surface area contributed by atoms with Gasteiger partial charge in [-0.3, -0.25) is 4.79 Å². The van der Waals surface area contributed by atoms with Gasteiger partial charge in [0.15, 0.2) is 5.78 Å². The van der Waals surface area contributed by atoms with Crippen LogP contribution in [0.1, 0.15) is 30.5 Å². The van der Waals surface area contributed by atoms with Crippen molar-refractivity contribution < 1.29 is 14.7 Å². The van der Waals surface area contributed by atoms with Gasteiger partial charge in [-0.15, -0.1) is 11.3 Å². The molecular formula is C15H12O3S. The number of ketones is 1. The summed E-state index contributed by atoms with van der Waals surface area (Å²) in [5, 5.41) is 8.80. The number of thiophene rings is 1. The normalized spacial score (nSPS) is 10.8. The van der Waals surface area contributed by atoms with Crippen LogP contribution in [0.25, 0.3) is 6.08 Å². The summed E-state index contributed by atoms with van der Waals surface area (Å²) < 4.78 is 0. The number of carbonyl (C=O) groups is 2. The minimum Gasteiger partial charge on any atom is -0.477 e. The molecule has 0 unspecified atom stereocenters. The Kier molecular flexibility index (Phi) is 3.92. The second-order valence-corrected chi connectivity index (χ2v) is 5.16. The minimum atomic E-state index is -1.01. The first kappa shape index (κ1) is 13.2. The van der Waals surface area contributed by atoms with Gasteiger partial charge >= 0.3 is 5.97 Å². The topological polar surface area (TPSA) is 54.4 Å². The Balaban J connectivity index is 2.14. The summed E-state index contributed by atoms with van der Waals surface area (Å²) in [6.45, 7) is 1.98. The van der Waals surface area contributed by atoms with Gasteiger partial charge in [0.1, 0.15) is 4.88 Å². The standard InChI is InChI=1S/C15H12O3S/c1-10-3-2-4-11(9-10)5-6-12(16)13-7-8-14(19-13)15(17)18/h2-9H,1H3,(H,17,18)/b6-5+. The molecule has 1 heterocycles. The number of carboxylic acids is 1. The average molecular weight is 272 g/mol. The smallest absolute Gasteiger partial charge is 0.345 e. The van der Waals surface area contributed by atoms with Crippen molar-refractivity contribution >= 4 is 29.2 Å². The lowest BCUT2D eigenvalue weighted by Crippen LogP contribution is -1.91. The van der Waals surface area contributed by atoms with Crippen molar-refractivity contribution in [1.29, 1.82) is 0 Å². The van der Waals surface area contributed by atoms with Gasteiger partial charge in [0, 0.05) is 0 Å². The van der Waals surface area contributed by atoms with E-state index in [4.69, 9.17) is 5.11 Å². The highest BCUT2D eigenvalue weighted by Crippen LogP contribution is 2.18. The Bertz CT molecular complexity index is 653. The minimum absolute atomic E-state index is 0.173. The Hall–Kier alpha value is -2.20. The van der Waals surface area contributed by atoms with E-state index in [1.54, 1.807) is 6.08 Å². The number of aryl methyl sites for hydroxylation is 1. The third-order valence-corrected chi connectivity index (χ3v) is 3.62. The van der Waals surface area contributed by atoms with Crippen molar-refractivity contribution in [2.75, 3.05) is 0 Å². The van der Waals surface area contributed by atoms with Crippen LogP contribution in [0, 0.1) is 6.92 Å². The average Bonchev–Trinajstić information content (AvgIpc) is 2.86. The van der Waals surface area contributed by atoms with Crippen molar-refractivity contribution in [3.8, 4) is 0 Å². The summed E-state index contributed by atoms with van der Waals surface area (Å²) >= 11 is 0.987. The Morgan fingerprint density at radius 2 is 1.89 bits per heavy atom. The van der Waals surface area contributed by atoms with Gasteiger partial charge in [-0.2, -0.15) is 0 Å². The zero-order valence-electron chi connectivity index (χ0n) is 10.3. The van der Waals surface area contributed by atoms with Crippen molar-refractivity contribution in [1.82, 2.24) is 0 Å². The van der Waals surface area contributed by atoms with E-state index < -0.39 is 5.97 Å². The molecule has 0 aliphatic rings. The zero-order valence-corrected chi connectivity index (χ0v) is 11.1. The predicted octanol–water partition coefficient (Wildman–Crippen LogP) is 3.65. The SMILES string of the molecule is Cc1cccc(/C=C/C(=O)c2ccc(C(=O)O)s2)c1. The molecule has 2 aromatic rings. The highest BCUT2D eigenvalue weighted by molar-refractivity contribution is 7.16. The zero-order chi connectivity index (χ0) is 13.8. The molecule has 0 fully saturated rings. The van der Waals surface area contributed by atoms with Crippen LogP contribution in [0.2, 0.25) is 0 Å². The summed E-state index contributed by atoms with van der Waals surface area (Å²) in [6, 6.07) is 10.8. The molecule has 0 aliphatic carbocycles. The number of benzene rings is 1. The van der Waals surface area contributed by atoms with Crippen molar-refractivity contribution in [2.45, 2.75) is 6.92 Å². The van der Waals surface area contributed by atoms with Crippen LogP contribution in [0.5, 0.6) is 0 Å². The number of carboxylic acid groups (broad SMARTS) is 1. The molecule has 0 atom stereocenters. The van der Waals surface area contributed by atoms with E-state index in [0.717, 1.165) is 22.5 Å². The molecule has 0 saturated heterocycles. The molecule has 1 aromatic heterocycles. The third-order valence-electron chi connectivity index (χ3n) is 2.53. The number of carbonyl (C=O) groups excluding carboxylic acids is 1. The van der Waals surface area contributed by atoms with E-state index in [-0.39, 0.29) is 10.7 Å². The van der Waals surface area contributed by atoms with Gasteiger partial charge in [0.05, 0.1) is 4.88 Å². The van der Waals surface area contributed by atoms with Gasteiger partial charge in [0.2, 0.25) is 0 Å². The number of rotatable bonds is 4. The molecule has 19 heavy (non-hydrogen) atoms. The fourth-order valence-electron chi connectivity index (χ4n) is 1.61. The molecule has 4 heteroatoms. The second-order valence-electron chi connectivity index (χ2n) is 4.08. The van der Waals surface area contributed by atoms with Crippen LogP contribution < -0.4 is 0 Å². The maximum absolute atomic E-state index is 11.9. The van der Waals surface area contributed by atoms with Gasteiger partial charge < -0.3 is 5.11 Å². The summed E-state index contributed by atoms with van der Waals surface area (Å²) in [5.74, 6) is -1.19. The van der Waals surface area contributed by atoms with Gasteiger partial charge in [0.25, 0.3) is 0 Å². The molecule has 0 spiro atoms. The third kappa shape index (κ3) is 3.39. The van der Waals surface area contributed by atoms with E-state index in [1.165, 1.54) is 18.2 Å². The molecule has 2 rings (SSSR count). The number of aromatic carboxylic acids is 1. The van der Waals surface area contributed by atoms with Crippen molar-refractivity contribution in [2.24, 2.45) is 0 Å². The lowest BCUT2D eigenvalue weighted by Gasteiger charge is -1.95. The monoisotopic (exact) mass is 272 g/mol. The fourth-order valence-corrected chi connectivity index (χ4v) is 2.38. The molecule has 3 nitrogen and oxygen atoms in total. The lowest BCUT2D eigenvalue weighted by molar-refractivity contribution is 0.0702. The Labute approximate surface area is 114 Å². The predicted molar refractivity (Wildman–Crippen MR) is 75.8 cm³/mol. The van der Waals surface area contributed by atoms with Gasteiger partial charge in [-0.25, -0.2) is 4.79 Å². The van der Waals surface area contributed by atoms with Crippen LogP contribution >= 0.6 is 11.3 Å². The first-order valence-corrected chi connectivity index (χ1v) is 6.50. The summed E-state index contributed by atoms with van der Waals surface area (Å²) in [5.41, 5.74) is 2.07. The summed E-state index contributed by atoms with van der Waals surface area (Å²) in [7, 11) is 0. The van der Waals surface area contributed by atoms with Crippen LogP contribution in [0.3, 0.4) is 0 Å². The maximum Gasteiger partial charge on any atom is 0.345 e. The Morgan fingerprint density at radius 3 is 2.53 bits per heavy atom. The van der Waals surface area contributed by atoms with E-state index in [2.05, 4.69) is 0 Å². The van der Waals surface area contributed by atoms with Gasteiger partial charge in [-0.05, 0) is 30.7 Å². The van der Waals surface area contributed by atoms with Crippen LogP contribution in [-0.2, 0) is 0 Å². The number of hydrogen-bond acceptors (Lipinski definition) is 3. The first-order chi connectivity index (χ1) is 9.06. The molecule has 0 aliphatic heterocycles.